The quantitative estimate of drug-likeness (QED) is 0.841. The molecular weight excluding hydrogens is 304 g/mol. The van der Waals surface area contributed by atoms with Gasteiger partial charge in [0.15, 0.2) is 0 Å². The molecule has 1 aliphatic rings. The van der Waals surface area contributed by atoms with E-state index in [9.17, 15) is 4.79 Å². The molecular formula is C16H19ClN2OS. The fourth-order valence-electron chi connectivity index (χ4n) is 2.27. The summed E-state index contributed by atoms with van der Waals surface area (Å²) in [5.41, 5.74) is 6.78. The number of thioether (sulfide) groups is 1. The molecule has 112 valence electrons. The average molecular weight is 323 g/mol. The average Bonchev–Trinajstić information content (AvgIpc) is 2.49. The standard InChI is InChI=1S/C16H19ClN2OS/c17-14-4-3-12(2-1-7-18)10-15(14)19-16(20)11-13-5-8-21-9-6-13/h3-4,10,13H,5-9,11,18H2,(H,19,20). The van der Waals surface area contributed by atoms with Crippen molar-refractivity contribution in [3.8, 4) is 11.8 Å². The molecule has 0 aliphatic carbocycles. The number of hydrogen-bond donors (Lipinski definition) is 2. The number of anilines is 1. The normalized spacial score (nSPS) is 15.1. The summed E-state index contributed by atoms with van der Waals surface area (Å²) in [6.07, 6.45) is 2.80. The highest BCUT2D eigenvalue weighted by Crippen LogP contribution is 2.27. The van der Waals surface area contributed by atoms with Gasteiger partial charge in [-0.2, -0.15) is 11.8 Å². The van der Waals surface area contributed by atoms with Gasteiger partial charge in [-0.15, -0.1) is 0 Å². The Kier molecular flexibility index (Phi) is 6.44. The van der Waals surface area contributed by atoms with E-state index in [1.54, 1.807) is 12.1 Å². The van der Waals surface area contributed by atoms with Gasteiger partial charge in [-0.1, -0.05) is 23.4 Å². The predicted molar refractivity (Wildman–Crippen MR) is 90.7 cm³/mol. The van der Waals surface area contributed by atoms with Crippen LogP contribution in [-0.4, -0.2) is 24.0 Å². The lowest BCUT2D eigenvalue weighted by Crippen LogP contribution is -2.19. The lowest BCUT2D eigenvalue weighted by Gasteiger charge is -2.20. The van der Waals surface area contributed by atoms with Crippen molar-refractivity contribution in [1.29, 1.82) is 0 Å². The third kappa shape index (κ3) is 5.28. The molecule has 3 nitrogen and oxygen atoms in total. The minimum Gasteiger partial charge on any atom is -0.325 e. The summed E-state index contributed by atoms with van der Waals surface area (Å²) in [4.78, 5) is 12.1. The molecule has 1 aliphatic heterocycles. The summed E-state index contributed by atoms with van der Waals surface area (Å²) in [6.45, 7) is 0.310. The van der Waals surface area contributed by atoms with Crippen LogP contribution in [0.4, 0.5) is 5.69 Å². The monoisotopic (exact) mass is 322 g/mol. The van der Waals surface area contributed by atoms with Gasteiger partial charge in [0.1, 0.15) is 0 Å². The Morgan fingerprint density at radius 2 is 2.19 bits per heavy atom. The van der Waals surface area contributed by atoms with Crippen LogP contribution in [-0.2, 0) is 4.79 Å². The van der Waals surface area contributed by atoms with Crippen LogP contribution in [0.5, 0.6) is 0 Å². The van der Waals surface area contributed by atoms with E-state index in [4.69, 9.17) is 17.3 Å². The molecule has 0 bridgehead atoms. The van der Waals surface area contributed by atoms with Crippen molar-refractivity contribution in [2.45, 2.75) is 19.3 Å². The first-order chi connectivity index (χ1) is 10.2. The van der Waals surface area contributed by atoms with Crippen molar-refractivity contribution < 1.29 is 4.79 Å². The van der Waals surface area contributed by atoms with Gasteiger partial charge in [-0.05, 0) is 48.5 Å². The molecule has 21 heavy (non-hydrogen) atoms. The summed E-state index contributed by atoms with van der Waals surface area (Å²) < 4.78 is 0. The second-order valence-electron chi connectivity index (χ2n) is 5.01. The number of rotatable bonds is 3. The number of carbonyl (C=O) groups is 1. The summed E-state index contributed by atoms with van der Waals surface area (Å²) in [5.74, 6) is 8.56. The lowest BCUT2D eigenvalue weighted by molar-refractivity contribution is -0.117. The van der Waals surface area contributed by atoms with E-state index in [2.05, 4.69) is 17.2 Å². The maximum absolute atomic E-state index is 12.1. The third-order valence-corrected chi connectivity index (χ3v) is 4.77. The van der Waals surface area contributed by atoms with Crippen LogP contribution < -0.4 is 11.1 Å². The molecule has 5 heteroatoms. The van der Waals surface area contributed by atoms with Crippen molar-refractivity contribution >= 4 is 35.0 Å². The molecule has 0 spiro atoms. The van der Waals surface area contributed by atoms with Gasteiger partial charge in [0.25, 0.3) is 0 Å². The second-order valence-corrected chi connectivity index (χ2v) is 6.64. The molecule has 1 aromatic carbocycles. The van der Waals surface area contributed by atoms with Gasteiger partial charge in [-0.3, -0.25) is 4.79 Å². The molecule has 0 saturated carbocycles. The molecule has 0 atom stereocenters. The van der Waals surface area contributed by atoms with Crippen LogP contribution >= 0.6 is 23.4 Å². The number of carbonyl (C=O) groups excluding carboxylic acids is 1. The van der Waals surface area contributed by atoms with Crippen molar-refractivity contribution in [2.75, 3.05) is 23.4 Å². The van der Waals surface area contributed by atoms with Crippen LogP contribution in [0, 0.1) is 17.8 Å². The molecule has 1 fully saturated rings. The second kappa shape index (κ2) is 8.33. The molecule has 1 heterocycles. The zero-order valence-electron chi connectivity index (χ0n) is 11.8. The van der Waals surface area contributed by atoms with Gasteiger partial charge in [-0.25, -0.2) is 0 Å². The topological polar surface area (TPSA) is 55.1 Å². The molecule has 1 saturated heterocycles. The Balaban J connectivity index is 1.98. The van der Waals surface area contributed by atoms with Crippen molar-refractivity contribution in [1.82, 2.24) is 0 Å². The minimum absolute atomic E-state index is 0.0257. The smallest absolute Gasteiger partial charge is 0.224 e. The van der Waals surface area contributed by atoms with Gasteiger partial charge < -0.3 is 11.1 Å². The summed E-state index contributed by atoms with van der Waals surface area (Å²) in [7, 11) is 0. The lowest BCUT2D eigenvalue weighted by atomic mass is 9.98. The Labute approximate surface area is 135 Å². The van der Waals surface area contributed by atoms with Crippen molar-refractivity contribution in [2.24, 2.45) is 11.7 Å². The molecule has 3 N–H and O–H groups in total. The van der Waals surface area contributed by atoms with E-state index < -0.39 is 0 Å². The van der Waals surface area contributed by atoms with Gasteiger partial charge in [0, 0.05) is 12.0 Å². The summed E-state index contributed by atoms with van der Waals surface area (Å²) in [6, 6.07) is 5.35. The summed E-state index contributed by atoms with van der Waals surface area (Å²) in [5, 5.41) is 3.43. The van der Waals surface area contributed by atoms with Crippen LogP contribution in [0.25, 0.3) is 0 Å². The SMILES string of the molecule is NCC#Cc1ccc(Cl)c(NC(=O)CC2CCSCC2)c1. The number of amides is 1. The fraction of sp³-hybridized carbons (Fsp3) is 0.438. The Morgan fingerprint density at radius 3 is 2.90 bits per heavy atom. The predicted octanol–water partition coefficient (Wildman–Crippen LogP) is 3.12. The number of nitrogens with two attached hydrogens (primary N) is 1. The number of nitrogens with one attached hydrogen (secondary N) is 1. The van der Waals surface area contributed by atoms with Gasteiger partial charge >= 0.3 is 0 Å². The zero-order valence-corrected chi connectivity index (χ0v) is 13.4. The summed E-state index contributed by atoms with van der Waals surface area (Å²) >= 11 is 8.09. The first kappa shape index (κ1) is 16.2. The highest BCUT2D eigenvalue weighted by Gasteiger charge is 2.17. The van der Waals surface area contributed by atoms with Crippen LogP contribution in [0.2, 0.25) is 5.02 Å². The fourth-order valence-corrected chi connectivity index (χ4v) is 3.63. The van der Waals surface area contributed by atoms with Gasteiger partial charge in [0.05, 0.1) is 17.3 Å². The van der Waals surface area contributed by atoms with E-state index in [0.29, 0.717) is 29.6 Å². The largest absolute Gasteiger partial charge is 0.325 e. The zero-order chi connectivity index (χ0) is 15.1. The molecule has 1 aromatic rings. The van der Waals surface area contributed by atoms with E-state index in [1.807, 2.05) is 17.8 Å². The number of hydrogen-bond acceptors (Lipinski definition) is 3. The van der Waals surface area contributed by atoms with Crippen LogP contribution in [0.1, 0.15) is 24.8 Å². The van der Waals surface area contributed by atoms with Crippen molar-refractivity contribution in [3.05, 3.63) is 28.8 Å². The molecule has 2 rings (SSSR count). The molecule has 0 aromatic heterocycles. The van der Waals surface area contributed by atoms with E-state index in [0.717, 1.165) is 29.9 Å². The highest BCUT2D eigenvalue weighted by atomic mass is 35.5. The van der Waals surface area contributed by atoms with Gasteiger partial charge in [0.2, 0.25) is 5.91 Å². The molecule has 0 unspecified atom stereocenters. The highest BCUT2D eigenvalue weighted by molar-refractivity contribution is 7.99. The maximum Gasteiger partial charge on any atom is 0.224 e. The van der Waals surface area contributed by atoms with Crippen LogP contribution in [0.3, 0.4) is 0 Å². The Bertz CT molecular complexity index is 559. The van der Waals surface area contributed by atoms with E-state index >= 15 is 0 Å². The Hall–Kier alpha value is -1.15. The minimum atomic E-state index is 0.0257. The first-order valence-electron chi connectivity index (χ1n) is 7.05. The molecule has 0 radical (unpaired) electrons. The number of halogens is 1. The van der Waals surface area contributed by atoms with E-state index in [-0.39, 0.29) is 5.91 Å². The van der Waals surface area contributed by atoms with E-state index in [1.165, 1.54) is 0 Å². The third-order valence-electron chi connectivity index (χ3n) is 3.39. The molecule has 1 amide bonds. The first-order valence-corrected chi connectivity index (χ1v) is 8.58. The number of benzene rings is 1. The van der Waals surface area contributed by atoms with Crippen molar-refractivity contribution in [3.63, 3.8) is 0 Å². The maximum atomic E-state index is 12.1. The van der Waals surface area contributed by atoms with Crippen LogP contribution in [0.15, 0.2) is 18.2 Å². The Morgan fingerprint density at radius 1 is 1.43 bits per heavy atom.